The number of aromatic amines is 1. The molecule has 0 aliphatic rings. The van der Waals surface area contributed by atoms with Crippen LogP contribution in [0.3, 0.4) is 0 Å². The Morgan fingerprint density at radius 2 is 2.35 bits per heavy atom. The first-order valence-corrected chi connectivity index (χ1v) is 6.48. The number of aromatic nitrogens is 3. The van der Waals surface area contributed by atoms with E-state index >= 15 is 0 Å². The number of carbonyl (C=O) groups is 1. The van der Waals surface area contributed by atoms with Crippen LogP contribution in [-0.2, 0) is 11.2 Å². The van der Waals surface area contributed by atoms with E-state index in [0.29, 0.717) is 12.3 Å². The molecule has 0 saturated carbocycles. The number of imidazole rings is 1. The standard InChI is InChI=1S/C14H18N4O2/c1-3-13-16-8-11(17-13)14(19)18-12(9-20-2)10-5-4-6-15-7-10/h4-8,12H,3,9H2,1-2H3,(H,16,17)(H,18,19)/t12-/m0/s1. The summed E-state index contributed by atoms with van der Waals surface area (Å²) in [5.74, 6) is 0.586. The molecule has 0 aliphatic carbocycles. The molecule has 2 aromatic heterocycles. The van der Waals surface area contributed by atoms with Gasteiger partial charge in [0.05, 0.1) is 18.8 Å². The second kappa shape index (κ2) is 6.81. The van der Waals surface area contributed by atoms with E-state index < -0.39 is 0 Å². The van der Waals surface area contributed by atoms with Gasteiger partial charge in [-0.2, -0.15) is 0 Å². The lowest BCUT2D eigenvalue weighted by molar-refractivity contribution is 0.0892. The number of ether oxygens (including phenoxy) is 1. The quantitative estimate of drug-likeness (QED) is 0.836. The van der Waals surface area contributed by atoms with Crippen LogP contribution in [0.1, 0.15) is 34.8 Å². The fourth-order valence-corrected chi connectivity index (χ4v) is 1.86. The second-order valence-corrected chi connectivity index (χ2v) is 4.36. The zero-order valence-corrected chi connectivity index (χ0v) is 11.6. The Balaban J connectivity index is 2.10. The Morgan fingerprint density at radius 3 is 2.95 bits per heavy atom. The molecule has 2 rings (SSSR count). The predicted octanol–water partition coefficient (Wildman–Crippen LogP) is 1.48. The molecule has 106 valence electrons. The summed E-state index contributed by atoms with van der Waals surface area (Å²) >= 11 is 0. The van der Waals surface area contributed by atoms with Crippen molar-refractivity contribution in [1.29, 1.82) is 0 Å². The summed E-state index contributed by atoms with van der Waals surface area (Å²) in [6.07, 6.45) is 5.71. The SMILES string of the molecule is CCc1ncc(C(=O)N[C@@H](COC)c2cccnc2)[nH]1. The summed E-state index contributed by atoms with van der Waals surface area (Å²) in [5, 5.41) is 2.91. The van der Waals surface area contributed by atoms with E-state index in [1.807, 2.05) is 19.1 Å². The molecular formula is C14H18N4O2. The van der Waals surface area contributed by atoms with Crippen molar-refractivity contribution < 1.29 is 9.53 Å². The minimum Gasteiger partial charge on any atom is -0.382 e. The van der Waals surface area contributed by atoms with Crippen molar-refractivity contribution in [1.82, 2.24) is 20.3 Å². The van der Waals surface area contributed by atoms with Crippen LogP contribution in [-0.4, -0.2) is 34.6 Å². The molecule has 6 nitrogen and oxygen atoms in total. The van der Waals surface area contributed by atoms with Crippen LogP contribution in [0.15, 0.2) is 30.7 Å². The minimum atomic E-state index is -0.241. The molecule has 0 unspecified atom stereocenters. The number of methoxy groups -OCH3 is 1. The Bertz CT molecular complexity index is 553. The Labute approximate surface area is 117 Å². The van der Waals surface area contributed by atoms with Crippen molar-refractivity contribution >= 4 is 5.91 Å². The maximum Gasteiger partial charge on any atom is 0.269 e. The predicted molar refractivity (Wildman–Crippen MR) is 74.3 cm³/mol. The van der Waals surface area contributed by atoms with Crippen LogP contribution >= 0.6 is 0 Å². The van der Waals surface area contributed by atoms with Crippen LogP contribution in [0.4, 0.5) is 0 Å². The fourth-order valence-electron chi connectivity index (χ4n) is 1.86. The number of pyridine rings is 1. The van der Waals surface area contributed by atoms with E-state index in [-0.39, 0.29) is 11.9 Å². The van der Waals surface area contributed by atoms with Gasteiger partial charge in [-0.3, -0.25) is 9.78 Å². The third-order valence-corrected chi connectivity index (χ3v) is 2.93. The summed E-state index contributed by atoms with van der Waals surface area (Å²) in [6.45, 7) is 2.36. The topological polar surface area (TPSA) is 79.9 Å². The van der Waals surface area contributed by atoms with Gasteiger partial charge in [0.2, 0.25) is 0 Å². The molecule has 0 fully saturated rings. The van der Waals surface area contributed by atoms with Crippen molar-refractivity contribution in [2.24, 2.45) is 0 Å². The smallest absolute Gasteiger partial charge is 0.269 e. The first-order chi connectivity index (χ1) is 9.74. The number of rotatable bonds is 6. The Hall–Kier alpha value is -2.21. The molecule has 6 heteroatoms. The summed E-state index contributed by atoms with van der Waals surface area (Å²) in [5.41, 5.74) is 1.35. The van der Waals surface area contributed by atoms with Crippen LogP contribution < -0.4 is 5.32 Å². The van der Waals surface area contributed by atoms with Crippen LogP contribution in [0.2, 0.25) is 0 Å². The maximum atomic E-state index is 12.2. The monoisotopic (exact) mass is 274 g/mol. The molecule has 20 heavy (non-hydrogen) atoms. The highest BCUT2D eigenvalue weighted by atomic mass is 16.5. The van der Waals surface area contributed by atoms with Crippen molar-refractivity contribution in [3.8, 4) is 0 Å². The molecule has 1 atom stereocenters. The average Bonchev–Trinajstić information content (AvgIpc) is 2.97. The summed E-state index contributed by atoms with van der Waals surface area (Å²) in [4.78, 5) is 23.3. The van der Waals surface area contributed by atoms with Gasteiger partial charge >= 0.3 is 0 Å². The lowest BCUT2D eigenvalue weighted by Gasteiger charge is -2.17. The third kappa shape index (κ3) is 3.42. The van der Waals surface area contributed by atoms with Gasteiger partial charge < -0.3 is 15.0 Å². The molecule has 1 amide bonds. The molecule has 0 spiro atoms. The number of nitrogens with one attached hydrogen (secondary N) is 2. The van der Waals surface area contributed by atoms with Gasteiger partial charge in [-0.05, 0) is 11.6 Å². The average molecular weight is 274 g/mol. The Morgan fingerprint density at radius 1 is 1.50 bits per heavy atom. The normalized spacial score (nSPS) is 12.1. The molecule has 0 aromatic carbocycles. The molecule has 0 saturated heterocycles. The van der Waals surface area contributed by atoms with E-state index in [0.717, 1.165) is 17.8 Å². The summed E-state index contributed by atoms with van der Waals surface area (Å²) in [7, 11) is 1.60. The number of hydrogen-bond acceptors (Lipinski definition) is 4. The lowest BCUT2D eigenvalue weighted by Crippen LogP contribution is -2.31. The third-order valence-electron chi connectivity index (χ3n) is 2.93. The van der Waals surface area contributed by atoms with Gasteiger partial charge in [0.25, 0.3) is 5.91 Å². The molecular weight excluding hydrogens is 256 g/mol. The van der Waals surface area contributed by atoms with Gasteiger partial charge in [0.1, 0.15) is 11.5 Å². The van der Waals surface area contributed by atoms with Crippen molar-refractivity contribution in [3.63, 3.8) is 0 Å². The van der Waals surface area contributed by atoms with Crippen LogP contribution in [0.25, 0.3) is 0 Å². The molecule has 0 aliphatic heterocycles. The zero-order chi connectivity index (χ0) is 14.4. The van der Waals surface area contributed by atoms with Gasteiger partial charge in [-0.15, -0.1) is 0 Å². The minimum absolute atomic E-state index is 0.205. The van der Waals surface area contributed by atoms with Crippen LogP contribution in [0, 0.1) is 0 Å². The lowest BCUT2D eigenvalue weighted by atomic mass is 10.1. The highest BCUT2D eigenvalue weighted by Crippen LogP contribution is 2.12. The molecule has 2 aromatic rings. The molecule has 2 heterocycles. The summed E-state index contributed by atoms with van der Waals surface area (Å²) in [6, 6.07) is 3.49. The van der Waals surface area contributed by atoms with Gasteiger partial charge in [0, 0.05) is 25.9 Å². The largest absolute Gasteiger partial charge is 0.382 e. The fraction of sp³-hybridized carbons (Fsp3) is 0.357. The van der Waals surface area contributed by atoms with E-state index in [4.69, 9.17) is 4.74 Å². The second-order valence-electron chi connectivity index (χ2n) is 4.36. The van der Waals surface area contributed by atoms with Crippen molar-refractivity contribution in [2.45, 2.75) is 19.4 Å². The molecule has 0 bridgehead atoms. The maximum absolute atomic E-state index is 12.2. The van der Waals surface area contributed by atoms with Gasteiger partial charge in [-0.1, -0.05) is 13.0 Å². The highest BCUT2D eigenvalue weighted by molar-refractivity contribution is 5.92. The number of H-pyrrole nitrogens is 1. The highest BCUT2D eigenvalue weighted by Gasteiger charge is 2.17. The number of aryl methyl sites for hydroxylation is 1. The van der Waals surface area contributed by atoms with Gasteiger partial charge in [-0.25, -0.2) is 4.98 Å². The first kappa shape index (κ1) is 14.2. The van der Waals surface area contributed by atoms with E-state index in [2.05, 4.69) is 20.3 Å². The van der Waals surface area contributed by atoms with Gasteiger partial charge in [0.15, 0.2) is 0 Å². The number of hydrogen-bond donors (Lipinski definition) is 2. The summed E-state index contributed by atoms with van der Waals surface area (Å²) < 4.78 is 5.15. The Kier molecular flexibility index (Phi) is 4.84. The van der Waals surface area contributed by atoms with Crippen molar-refractivity contribution in [3.05, 3.63) is 47.8 Å². The van der Waals surface area contributed by atoms with E-state index in [1.54, 1.807) is 25.7 Å². The molecule has 0 radical (unpaired) electrons. The van der Waals surface area contributed by atoms with Crippen LogP contribution in [0.5, 0.6) is 0 Å². The number of nitrogens with zero attached hydrogens (tertiary/aromatic N) is 2. The van der Waals surface area contributed by atoms with E-state index in [1.165, 1.54) is 0 Å². The van der Waals surface area contributed by atoms with Crippen molar-refractivity contribution in [2.75, 3.05) is 13.7 Å². The molecule has 2 N–H and O–H groups in total. The van der Waals surface area contributed by atoms with E-state index in [9.17, 15) is 4.79 Å². The number of amides is 1. The first-order valence-electron chi connectivity index (χ1n) is 6.48. The number of carbonyl (C=O) groups excluding carboxylic acids is 1. The zero-order valence-electron chi connectivity index (χ0n) is 11.6.